The third-order valence-corrected chi connectivity index (χ3v) is 3.12. The van der Waals surface area contributed by atoms with Gasteiger partial charge in [0, 0.05) is 33.2 Å². The quantitative estimate of drug-likeness (QED) is 0.686. The lowest BCUT2D eigenvalue weighted by Crippen LogP contribution is -2.34. The predicted octanol–water partition coefficient (Wildman–Crippen LogP) is 0.871. The number of amides is 1. The van der Waals surface area contributed by atoms with Crippen LogP contribution in [0.2, 0.25) is 0 Å². The van der Waals surface area contributed by atoms with Crippen LogP contribution in [-0.2, 0) is 9.53 Å². The molecule has 0 aromatic rings. The van der Waals surface area contributed by atoms with E-state index in [9.17, 15) is 4.79 Å². The van der Waals surface area contributed by atoms with Crippen LogP contribution in [-0.4, -0.2) is 51.2 Å². The van der Waals surface area contributed by atoms with Crippen LogP contribution in [0.25, 0.3) is 0 Å². The molecule has 0 spiro atoms. The van der Waals surface area contributed by atoms with E-state index in [1.54, 1.807) is 0 Å². The van der Waals surface area contributed by atoms with Gasteiger partial charge in [0.1, 0.15) is 0 Å². The maximum Gasteiger partial charge on any atom is 0.222 e. The first-order valence-electron chi connectivity index (χ1n) is 6.20. The molecule has 4 nitrogen and oxygen atoms in total. The maximum atomic E-state index is 11.8. The highest BCUT2D eigenvalue weighted by Gasteiger charge is 2.18. The predicted molar refractivity (Wildman–Crippen MR) is 64.3 cm³/mol. The van der Waals surface area contributed by atoms with Crippen LogP contribution in [0.1, 0.15) is 25.7 Å². The van der Waals surface area contributed by atoms with Crippen LogP contribution < -0.4 is 5.32 Å². The Morgan fingerprint density at radius 2 is 2.12 bits per heavy atom. The van der Waals surface area contributed by atoms with Gasteiger partial charge in [-0.2, -0.15) is 0 Å². The molecular formula is C12H24N2O2. The van der Waals surface area contributed by atoms with E-state index in [-0.39, 0.29) is 5.91 Å². The maximum absolute atomic E-state index is 11.8. The van der Waals surface area contributed by atoms with E-state index in [1.807, 2.05) is 19.0 Å². The molecule has 0 bridgehead atoms. The molecule has 4 heteroatoms. The molecule has 0 saturated carbocycles. The van der Waals surface area contributed by atoms with Gasteiger partial charge in [-0.1, -0.05) is 0 Å². The van der Waals surface area contributed by atoms with Crippen LogP contribution in [0.3, 0.4) is 0 Å². The van der Waals surface area contributed by atoms with Gasteiger partial charge in [-0.05, 0) is 38.8 Å². The van der Waals surface area contributed by atoms with Crippen molar-refractivity contribution in [1.82, 2.24) is 10.2 Å². The van der Waals surface area contributed by atoms with Gasteiger partial charge < -0.3 is 15.0 Å². The van der Waals surface area contributed by atoms with Crippen molar-refractivity contribution < 1.29 is 9.53 Å². The first kappa shape index (κ1) is 13.5. The van der Waals surface area contributed by atoms with E-state index in [2.05, 4.69) is 5.32 Å². The minimum absolute atomic E-state index is 0.266. The first-order chi connectivity index (χ1) is 7.74. The van der Waals surface area contributed by atoms with E-state index >= 15 is 0 Å². The minimum Gasteiger partial charge on any atom is -0.381 e. The van der Waals surface area contributed by atoms with Crippen molar-refractivity contribution in [3.63, 3.8) is 0 Å². The molecule has 1 heterocycles. The Morgan fingerprint density at radius 3 is 2.75 bits per heavy atom. The Morgan fingerprint density at radius 1 is 1.44 bits per heavy atom. The van der Waals surface area contributed by atoms with E-state index in [0.717, 1.165) is 45.6 Å². The molecule has 0 atom stereocenters. The Kier molecular flexibility index (Phi) is 6.42. The number of nitrogens with zero attached hydrogens (tertiary/aromatic N) is 1. The Balaban J connectivity index is 2.16. The van der Waals surface area contributed by atoms with Crippen LogP contribution in [0.4, 0.5) is 0 Å². The highest BCUT2D eigenvalue weighted by atomic mass is 16.5. The number of ether oxygens (including phenoxy) is 1. The fraction of sp³-hybridized carbons (Fsp3) is 0.917. The van der Waals surface area contributed by atoms with Gasteiger partial charge in [0.15, 0.2) is 0 Å². The monoisotopic (exact) mass is 228 g/mol. The molecule has 16 heavy (non-hydrogen) atoms. The summed E-state index contributed by atoms with van der Waals surface area (Å²) in [5, 5.41) is 3.06. The summed E-state index contributed by atoms with van der Waals surface area (Å²) in [5.74, 6) is 0.897. The summed E-state index contributed by atoms with van der Waals surface area (Å²) in [6, 6.07) is 0. The van der Waals surface area contributed by atoms with Gasteiger partial charge in [0.2, 0.25) is 5.91 Å². The van der Waals surface area contributed by atoms with Crippen LogP contribution >= 0.6 is 0 Å². The first-order valence-corrected chi connectivity index (χ1v) is 6.20. The summed E-state index contributed by atoms with van der Waals surface area (Å²) in [6.45, 7) is 3.51. The van der Waals surface area contributed by atoms with Gasteiger partial charge in [-0.3, -0.25) is 4.79 Å². The average molecular weight is 228 g/mol. The fourth-order valence-electron chi connectivity index (χ4n) is 2.03. The van der Waals surface area contributed by atoms with Crippen molar-refractivity contribution in [2.75, 3.05) is 40.4 Å². The molecule has 0 aromatic carbocycles. The number of carbonyl (C=O) groups excluding carboxylic acids is 1. The molecule has 1 aliphatic heterocycles. The summed E-state index contributed by atoms with van der Waals surface area (Å²) < 4.78 is 5.31. The van der Waals surface area contributed by atoms with Crippen LogP contribution in [0.5, 0.6) is 0 Å². The van der Waals surface area contributed by atoms with E-state index < -0.39 is 0 Å². The normalized spacial score (nSPS) is 17.4. The number of hydrogen-bond donors (Lipinski definition) is 1. The topological polar surface area (TPSA) is 41.6 Å². The molecule has 1 aliphatic rings. The van der Waals surface area contributed by atoms with Crippen molar-refractivity contribution in [3.8, 4) is 0 Å². The number of nitrogens with one attached hydrogen (secondary N) is 1. The smallest absolute Gasteiger partial charge is 0.222 e. The molecule has 1 fully saturated rings. The van der Waals surface area contributed by atoms with E-state index in [0.29, 0.717) is 12.3 Å². The number of rotatable bonds is 6. The molecule has 0 radical (unpaired) electrons. The summed E-state index contributed by atoms with van der Waals surface area (Å²) in [5.41, 5.74) is 0. The summed E-state index contributed by atoms with van der Waals surface area (Å²) >= 11 is 0. The molecule has 1 rings (SSSR count). The Labute approximate surface area is 98.3 Å². The van der Waals surface area contributed by atoms with Gasteiger partial charge in [-0.25, -0.2) is 0 Å². The zero-order valence-corrected chi connectivity index (χ0v) is 10.5. The summed E-state index contributed by atoms with van der Waals surface area (Å²) in [4.78, 5) is 13.6. The van der Waals surface area contributed by atoms with Gasteiger partial charge >= 0.3 is 0 Å². The Hall–Kier alpha value is -0.610. The highest BCUT2D eigenvalue weighted by Crippen LogP contribution is 2.15. The SMILES string of the molecule is CNCCCC(=O)N(C)CC1CCOCC1. The fourth-order valence-corrected chi connectivity index (χ4v) is 2.03. The minimum atomic E-state index is 0.266. The lowest BCUT2D eigenvalue weighted by molar-refractivity contribution is -0.131. The van der Waals surface area contributed by atoms with E-state index in [4.69, 9.17) is 4.74 Å². The van der Waals surface area contributed by atoms with Crippen molar-refractivity contribution in [1.29, 1.82) is 0 Å². The van der Waals surface area contributed by atoms with Gasteiger partial charge in [0.05, 0.1) is 0 Å². The third kappa shape index (κ3) is 4.94. The molecule has 94 valence electrons. The summed E-state index contributed by atoms with van der Waals surface area (Å²) in [6.07, 6.45) is 3.76. The lowest BCUT2D eigenvalue weighted by atomic mass is 10.00. The lowest BCUT2D eigenvalue weighted by Gasteiger charge is -2.27. The number of carbonyl (C=O) groups is 1. The van der Waals surface area contributed by atoms with Gasteiger partial charge in [-0.15, -0.1) is 0 Å². The second kappa shape index (κ2) is 7.63. The van der Waals surface area contributed by atoms with Crippen LogP contribution in [0.15, 0.2) is 0 Å². The zero-order chi connectivity index (χ0) is 11.8. The molecule has 1 amide bonds. The van der Waals surface area contributed by atoms with Crippen molar-refractivity contribution in [3.05, 3.63) is 0 Å². The Bertz CT molecular complexity index is 203. The van der Waals surface area contributed by atoms with Crippen molar-refractivity contribution in [2.45, 2.75) is 25.7 Å². The molecule has 0 unspecified atom stereocenters. The van der Waals surface area contributed by atoms with Gasteiger partial charge in [0.25, 0.3) is 0 Å². The average Bonchev–Trinajstić information content (AvgIpc) is 2.30. The van der Waals surface area contributed by atoms with Crippen LogP contribution in [0, 0.1) is 5.92 Å². The molecule has 0 aliphatic carbocycles. The molecule has 0 aromatic heterocycles. The molecule has 1 saturated heterocycles. The highest BCUT2D eigenvalue weighted by molar-refractivity contribution is 5.75. The standard InChI is InChI=1S/C12H24N2O2/c1-13-7-3-4-12(15)14(2)10-11-5-8-16-9-6-11/h11,13H,3-10H2,1-2H3. The van der Waals surface area contributed by atoms with Crippen molar-refractivity contribution >= 4 is 5.91 Å². The largest absolute Gasteiger partial charge is 0.381 e. The second-order valence-electron chi connectivity index (χ2n) is 4.54. The molecule has 1 N–H and O–H groups in total. The van der Waals surface area contributed by atoms with Crippen molar-refractivity contribution in [2.24, 2.45) is 5.92 Å². The second-order valence-corrected chi connectivity index (χ2v) is 4.54. The van der Waals surface area contributed by atoms with E-state index in [1.165, 1.54) is 0 Å². The third-order valence-electron chi connectivity index (χ3n) is 3.12. The number of hydrogen-bond acceptors (Lipinski definition) is 3. The molecular weight excluding hydrogens is 204 g/mol. The zero-order valence-electron chi connectivity index (χ0n) is 10.5. The summed E-state index contributed by atoms with van der Waals surface area (Å²) in [7, 11) is 3.83.